The van der Waals surface area contributed by atoms with E-state index in [1.54, 1.807) is 4.90 Å². The van der Waals surface area contributed by atoms with Gasteiger partial charge < -0.3 is 24.7 Å². The molecule has 2 amide bonds. The Labute approximate surface area is 124 Å². The summed E-state index contributed by atoms with van der Waals surface area (Å²) in [5.41, 5.74) is 0. The minimum atomic E-state index is -1.24. The van der Waals surface area contributed by atoms with Gasteiger partial charge in [0, 0.05) is 25.9 Å². The zero-order valence-electron chi connectivity index (χ0n) is 12.2. The Balaban J connectivity index is 1.73. The van der Waals surface area contributed by atoms with E-state index in [1.807, 2.05) is 0 Å². The molecule has 0 aromatic rings. The molecule has 2 atom stereocenters. The number of carbonyl (C=O) groups is 2. The molecule has 7 nitrogen and oxygen atoms in total. The second-order valence-corrected chi connectivity index (χ2v) is 5.64. The Morgan fingerprint density at radius 3 is 1.90 bits per heavy atom. The zero-order valence-corrected chi connectivity index (χ0v) is 12.2. The van der Waals surface area contributed by atoms with Crippen LogP contribution in [0, 0.1) is 0 Å². The third-order valence-electron chi connectivity index (χ3n) is 3.91. The van der Waals surface area contributed by atoms with E-state index in [2.05, 4.69) is 0 Å². The highest BCUT2D eigenvalue weighted by Gasteiger charge is 2.25. The molecular weight excluding hydrogens is 276 g/mol. The number of aliphatic hydroxyl groups is 2. The SMILES string of the molecule is O=C1CCCCCN1CC(O)OC(O)CN1CCCC1=O. The summed E-state index contributed by atoms with van der Waals surface area (Å²) in [4.78, 5) is 26.3. The summed E-state index contributed by atoms with van der Waals surface area (Å²) in [6, 6.07) is 0. The number of β-amino-alcohol motifs (C(OH)–C–C–N with tert-alkyl or cyclic N) is 2. The lowest BCUT2D eigenvalue weighted by Gasteiger charge is -2.26. The van der Waals surface area contributed by atoms with Crippen molar-refractivity contribution in [2.75, 3.05) is 26.2 Å². The number of amides is 2. The van der Waals surface area contributed by atoms with Crippen LogP contribution in [-0.4, -0.2) is 70.6 Å². The van der Waals surface area contributed by atoms with Gasteiger partial charge in [0.1, 0.15) is 0 Å². The molecule has 2 rings (SSSR count). The van der Waals surface area contributed by atoms with Crippen LogP contribution in [-0.2, 0) is 14.3 Å². The Morgan fingerprint density at radius 2 is 1.38 bits per heavy atom. The monoisotopic (exact) mass is 300 g/mol. The predicted molar refractivity (Wildman–Crippen MR) is 74.0 cm³/mol. The summed E-state index contributed by atoms with van der Waals surface area (Å²) in [5.74, 6) is 0.00851. The molecule has 0 spiro atoms. The van der Waals surface area contributed by atoms with E-state index < -0.39 is 12.6 Å². The van der Waals surface area contributed by atoms with Crippen LogP contribution in [0.5, 0.6) is 0 Å². The minimum Gasteiger partial charge on any atom is -0.366 e. The van der Waals surface area contributed by atoms with Crippen LogP contribution in [0.1, 0.15) is 38.5 Å². The lowest BCUT2D eigenvalue weighted by molar-refractivity contribution is -0.217. The highest BCUT2D eigenvalue weighted by molar-refractivity contribution is 5.78. The quantitative estimate of drug-likeness (QED) is 0.655. The summed E-state index contributed by atoms with van der Waals surface area (Å²) in [7, 11) is 0. The second kappa shape index (κ2) is 7.72. The van der Waals surface area contributed by atoms with E-state index >= 15 is 0 Å². The van der Waals surface area contributed by atoms with Gasteiger partial charge in [-0.2, -0.15) is 0 Å². The average molecular weight is 300 g/mol. The Hall–Kier alpha value is -1.18. The van der Waals surface area contributed by atoms with Gasteiger partial charge in [-0.3, -0.25) is 9.59 Å². The van der Waals surface area contributed by atoms with Crippen LogP contribution in [0.15, 0.2) is 0 Å². The van der Waals surface area contributed by atoms with E-state index in [-0.39, 0.29) is 24.9 Å². The fourth-order valence-corrected chi connectivity index (χ4v) is 2.77. The Kier molecular flexibility index (Phi) is 5.96. The number of carbonyl (C=O) groups excluding carboxylic acids is 2. The molecule has 2 fully saturated rings. The number of hydrogen-bond acceptors (Lipinski definition) is 5. The normalized spacial score (nSPS) is 23.3. The lowest BCUT2D eigenvalue weighted by Crippen LogP contribution is -2.42. The highest BCUT2D eigenvalue weighted by Crippen LogP contribution is 2.13. The van der Waals surface area contributed by atoms with Crippen LogP contribution in [0.3, 0.4) is 0 Å². The van der Waals surface area contributed by atoms with Crippen LogP contribution in [0.4, 0.5) is 0 Å². The van der Waals surface area contributed by atoms with Crippen molar-refractivity contribution in [3.8, 4) is 0 Å². The maximum Gasteiger partial charge on any atom is 0.222 e. The van der Waals surface area contributed by atoms with Crippen molar-refractivity contribution >= 4 is 11.8 Å². The summed E-state index contributed by atoms with van der Waals surface area (Å²) in [6.07, 6.45) is 2.13. The number of likely N-dealkylation sites (tertiary alicyclic amines) is 2. The zero-order chi connectivity index (χ0) is 15.2. The summed E-state index contributed by atoms with van der Waals surface area (Å²) in [5, 5.41) is 19.6. The molecule has 0 aliphatic carbocycles. The lowest BCUT2D eigenvalue weighted by atomic mass is 10.2. The maximum absolute atomic E-state index is 11.8. The molecule has 0 bridgehead atoms. The van der Waals surface area contributed by atoms with Crippen LogP contribution in [0.2, 0.25) is 0 Å². The van der Waals surface area contributed by atoms with Crippen LogP contribution < -0.4 is 0 Å². The van der Waals surface area contributed by atoms with E-state index in [9.17, 15) is 19.8 Å². The number of nitrogens with zero attached hydrogens (tertiary/aromatic N) is 2. The molecule has 0 saturated carbocycles. The first kappa shape index (κ1) is 16.2. The first-order valence-electron chi connectivity index (χ1n) is 7.63. The predicted octanol–water partition coefficient (Wildman–Crippen LogP) is -0.335. The average Bonchev–Trinajstić information content (AvgIpc) is 2.70. The van der Waals surface area contributed by atoms with Crippen molar-refractivity contribution < 1.29 is 24.5 Å². The first-order chi connectivity index (χ1) is 10.1. The van der Waals surface area contributed by atoms with E-state index in [0.29, 0.717) is 25.9 Å². The first-order valence-corrected chi connectivity index (χ1v) is 7.63. The van der Waals surface area contributed by atoms with Gasteiger partial charge in [0.25, 0.3) is 0 Å². The molecule has 2 aliphatic heterocycles. The fourth-order valence-electron chi connectivity index (χ4n) is 2.77. The third-order valence-corrected chi connectivity index (χ3v) is 3.91. The number of aliphatic hydroxyl groups excluding tert-OH is 2. The Morgan fingerprint density at radius 1 is 0.857 bits per heavy atom. The number of hydrogen-bond donors (Lipinski definition) is 2. The van der Waals surface area contributed by atoms with Crippen molar-refractivity contribution in [3.63, 3.8) is 0 Å². The standard InChI is InChI=1S/C14H24N2O5/c17-11-5-2-1-3-7-15(11)9-13(19)21-14(20)10-16-8-4-6-12(16)18/h13-14,19-20H,1-10H2. The largest absolute Gasteiger partial charge is 0.366 e. The van der Waals surface area contributed by atoms with Crippen LogP contribution >= 0.6 is 0 Å². The van der Waals surface area contributed by atoms with Crippen molar-refractivity contribution in [1.29, 1.82) is 0 Å². The van der Waals surface area contributed by atoms with Gasteiger partial charge in [-0.05, 0) is 19.3 Å². The molecule has 2 N–H and O–H groups in total. The van der Waals surface area contributed by atoms with Gasteiger partial charge in [-0.15, -0.1) is 0 Å². The van der Waals surface area contributed by atoms with Gasteiger partial charge in [-0.25, -0.2) is 0 Å². The molecule has 7 heteroatoms. The molecule has 2 aliphatic rings. The van der Waals surface area contributed by atoms with Gasteiger partial charge >= 0.3 is 0 Å². The molecule has 2 unspecified atom stereocenters. The smallest absolute Gasteiger partial charge is 0.222 e. The van der Waals surface area contributed by atoms with Gasteiger partial charge in [0.05, 0.1) is 13.1 Å². The molecular formula is C14H24N2O5. The number of rotatable bonds is 6. The molecule has 2 saturated heterocycles. The summed E-state index contributed by atoms with van der Waals surface area (Å²) >= 11 is 0. The molecule has 2 heterocycles. The second-order valence-electron chi connectivity index (χ2n) is 5.64. The number of ether oxygens (including phenoxy) is 1. The van der Waals surface area contributed by atoms with Crippen molar-refractivity contribution in [3.05, 3.63) is 0 Å². The van der Waals surface area contributed by atoms with E-state index in [1.165, 1.54) is 4.90 Å². The Bertz CT molecular complexity index is 376. The molecule has 120 valence electrons. The van der Waals surface area contributed by atoms with Crippen molar-refractivity contribution in [2.45, 2.75) is 51.1 Å². The van der Waals surface area contributed by atoms with E-state index in [0.717, 1.165) is 25.7 Å². The topological polar surface area (TPSA) is 90.3 Å². The molecule has 0 radical (unpaired) electrons. The maximum atomic E-state index is 11.8. The molecule has 0 aromatic carbocycles. The summed E-state index contributed by atoms with van der Waals surface area (Å²) < 4.78 is 5.08. The highest BCUT2D eigenvalue weighted by atomic mass is 16.7. The molecule has 0 aromatic heterocycles. The van der Waals surface area contributed by atoms with Crippen molar-refractivity contribution in [1.82, 2.24) is 9.80 Å². The van der Waals surface area contributed by atoms with Crippen molar-refractivity contribution in [2.24, 2.45) is 0 Å². The van der Waals surface area contributed by atoms with Crippen LogP contribution in [0.25, 0.3) is 0 Å². The fraction of sp³-hybridized carbons (Fsp3) is 0.857. The minimum absolute atomic E-state index is 0.00478. The van der Waals surface area contributed by atoms with Gasteiger partial charge in [0.2, 0.25) is 11.8 Å². The third kappa shape index (κ3) is 4.94. The van der Waals surface area contributed by atoms with E-state index in [4.69, 9.17) is 4.74 Å². The molecule has 21 heavy (non-hydrogen) atoms. The van der Waals surface area contributed by atoms with Gasteiger partial charge in [0.15, 0.2) is 12.6 Å². The summed E-state index contributed by atoms with van der Waals surface area (Å²) in [6.45, 7) is 1.34. The van der Waals surface area contributed by atoms with Gasteiger partial charge in [-0.1, -0.05) is 6.42 Å².